The van der Waals surface area contributed by atoms with Gasteiger partial charge >= 0.3 is 0 Å². The number of methoxy groups -OCH3 is 1. The first kappa shape index (κ1) is 15.5. The fourth-order valence-corrected chi connectivity index (χ4v) is 2.42. The van der Waals surface area contributed by atoms with Crippen LogP contribution in [0.1, 0.15) is 35.2 Å². The number of nitrogens with one attached hydrogen (secondary N) is 1. The van der Waals surface area contributed by atoms with Gasteiger partial charge in [-0.15, -0.1) is 0 Å². The van der Waals surface area contributed by atoms with E-state index in [4.69, 9.17) is 4.74 Å². The van der Waals surface area contributed by atoms with E-state index in [0.29, 0.717) is 11.3 Å². The van der Waals surface area contributed by atoms with Crippen molar-refractivity contribution in [1.29, 1.82) is 0 Å². The van der Waals surface area contributed by atoms with Gasteiger partial charge in [0.15, 0.2) is 0 Å². The SMILES string of the molecule is CCNC(c1ccc(C)c(C)c1)c1ccc(OC)cc1F. The zero-order chi connectivity index (χ0) is 15.4. The predicted molar refractivity (Wildman–Crippen MR) is 84.4 cm³/mol. The lowest BCUT2D eigenvalue weighted by Gasteiger charge is -2.21. The van der Waals surface area contributed by atoms with E-state index in [2.05, 4.69) is 37.4 Å². The van der Waals surface area contributed by atoms with Gasteiger partial charge in [-0.05, 0) is 43.1 Å². The summed E-state index contributed by atoms with van der Waals surface area (Å²) in [6.45, 7) is 6.94. The van der Waals surface area contributed by atoms with Gasteiger partial charge in [-0.3, -0.25) is 0 Å². The molecule has 0 aliphatic heterocycles. The standard InChI is InChI=1S/C18H22FNO/c1-5-20-18(14-7-6-12(2)13(3)10-14)16-9-8-15(21-4)11-17(16)19/h6-11,18,20H,5H2,1-4H3. The number of hydrogen-bond donors (Lipinski definition) is 1. The number of benzene rings is 2. The van der Waals surface area contributed by atoms with Crippen LogP contribution >= 0.6 is 0 Å². The molecule has 0 aliphatic carbocycles. The summed E-state index contributed by atoms with van der Waals surface area (Å²) in [6, 6.07) is 11.1. The van der Waals surface area contributed by atoms with E-state index >= 15 is 0 Å². The molecule has 2 rings (SSSR count). The van der Waals surface area contributed by atoms with Crippen LogP contribution in [0.2, 0.25) is 0 Å². The normalized spacial score (nSPS) is 12.2. The monoisotopic (exact) mass is 287 g/mol. The molecular formula is C18H22FNO. The molecule has 3 heteroatoms. The molecule has 0 saturated heterocycles. The van der Waals surface area contributed by atoms with E-state index in [1.54, 1.807) is 19.2 Å². The first-order valence-corrected chi connectivity index (χ1v) is 7.20. The number of ether oxygens (including phenoxy) is 1. The first-order chi connectivity index (χ1) is 10.1. The molecule has 0 spiro atoms. The van der Waals surface area contributed by atoms with Crippen molar-refractivity contribution in [2.24, 2.45) is 0 Å². The van der Waals surface area contributed by atoms with Crippen LogP contribution in [0.25, 0.3) is 0 Å². The molecule has 0 radical (unpaired) electrons. The van der Waals surface area contributed by atoms with Crippen molar-refractivity contribution in [3.8, 4) is 5.75 Å². The van der Waals surface area contributed by atoms with Gasteiger partial charge in [0.05, 0.1) is 13.2 Å². The van der Waals surface area contributed by atoms with E-state index in [0.717, 1.165) is 12.1 Å². The number of rotatable bonds is 5. The topological polar surface area (TPSA) is 21.3 Å². The fourth-order valence-electron chi connectivity index (χ4n) is 2.42. The van der Waals surface area contributed by atoms with Crippen molar-refractivity contribution in [2.75, 3.05) is 13.7 Å². The molecule has 0 heterocycles. The second kappa shape index (κ2) is 6.72. The average molecular weight is 287 g/mol. The molecule has 2 aromatic carbocycles. The van der Waals surface area contributed by atoms with Crippen LogP contribution in [0, 0.1) is 19.7 Å². The molecule has 2 nitrogen and oxygen atoms in total. The van der Waals surface area contributed by atoms with Crippen LogP contribution in [0.15, 0.2) is 36.4 Å². The Hall–Kier alpha value is -1.87. The van der Waals surface area contributed by atoms with Gasteiger partial charge in [0, 0.05) is 11.6 Å². The summed E-state index contributed by atoms with van der Waals surface area (Å²) in [5.74, 6) is 0.283. The zero-order valence-electron chi connectivity index (χ0n) is 13.0. The molecule has 1 unspecified atom stereocenters. The highest BCUT2D eigenvalue weighted by atomic mass is 19.1. The maximum absolute atomic E-state index is 14.4. The van der Waals surface area contributed by atoms with Gasteiger partial charge < -0.3 is 10.1 Å². The first-order valence-electron chi connectivity index (χ1n) is 7.20. The lowest BCUT2D eigenvalue weighted by atomic mass is 9.95. The lowest BCUT2D eigenvalue weighted by molar-refractivity contribution is 0.410. The Morgan fingerprint density at radius 3 is 2.43 bits per heavy atom. The Morgan fingerprint density at radius 1 is 1.10 bits per heavy atom. The predicted octanol–water partition coefficient (Wildman–Crippen LogP) is 4.15. The molecule has 2 aromatic rings. The van der Waals surface area contributed by atoms with Crippen LogP contribution in [0.3, 0.4) is 0 Å². The highest BCUT2D eigenvalue weighted by Crippen LogP contribution is 2.28. The maximum atomic E-state index is 14.4. The molecule has 21 heavy (non-hydrogen) atoms. The smallest absolute Gasteiger partial charge is 0.132 e. The minimum absolute atomic E-state index is 0.153. The Kier molecular flexibility index (Phi) is 4.97. The van der Waals surface area contributed by atoms with Crippen molar-refractivity contribution in [1.82, 2.24) is 5.32 Å². The summed E-state index contributed by atoms with van der Waals surface area (Å²) >= 11 is 0. The van der Waals surface area contributed by atoms with Crippen molar-refractivity contribution in [3.05, 3.63) is 64.5 Å². The van der Waals surface area contributed by atoms with E-state index < -0.39 is 0 Å². The van der Waals surface area contributed by atoms with Crippen LogP contribution in [-0.4, -0.2) is 13.7 Å². The summed E-state index contributed by atoms with van der Waals surface area (Å²) in [7, 11) is 1.54. The summed E-state index contributed by atoms with van der Waals surface area (Å²) in [4.78, 5) is 0. The third kappa shape index (κ3) is 3.42. The van der Waals surface area contributed by atoms with E-state index in [-0.39, 0.29) is 11.9 Å². The molecule has 0 saturated carbocycles. The van der Waals surface area contributed by atoms with Gasteiger partial charge in [0.25, 0.3) is 0 Å². The summed E-state index contributed by atoms with van der Waals surface area (Å²) in [5, 5.41) is 3.36. The van der Waals surface area contributed by atoms with Gasteiger partial charge in [-0.1, -0.05) is 31.2 Å². The molecule has 0 aliphatic rings. The van der Waals surface area contributed by atoms with E-state index in [1.165, 1.54) is 17.2 Å². The largest absolute Gasteiger partial charge is 0.497 e. The Balaban J connectivity index is 2.45. The fraction of sp³-hybridized carbons (Fsp3) is 0.333. The number of halogens is 1. The van der Waals surface area contributed by atoms with Crippen molar-refractivity contribution >= 4 is 0 Å². The maximum Gasteiger partial charge on any atom is 0.132 e. The number of hydrogen-bond acceptors (Lipinski definition) is 2. The van der Waals surface area contributed by atoms with Gasteiger partial charge in [-0.2, -0.15) is 0 Å². The second-order valence-electron chi connectivity index (χ2n) is 5.22. The van der Waals surface area contributed by atoms with E-state index in [9.17, 15) is 4.39 Å². The van der Waals surface area contributed by atoms with Gasteiger partial charge in [-0.25, -0.2) is 4.39 Å². The van der Waals surface area contributed by atoms with Crippen molar-refractivity contribution in [3.63, 3.8) is 0 Å². The molecule has 0 aromatic heterocycles. The highest BCUT2D eigenvalue weighted by Gasteiger charge is 2.18. The van der Waals surface area contributed by atoms with Crippen LogP contribution < -0.4 is 10.1 Å². The lowest BCUT2D eigenvalue weighted by Crippen LogP contribution is -2.23. The van der Waals surface area contributed by atoms with E-state index in [1.807, 2.05) is 6.92 Å². The third-order valence-corrected chi connectivity index (χ3v) is 3.79. The molecule has 0 bridgehead atoms. The Morgan fingerprint density at radius 2 is 1.86 bits per heavy atom. The molecule has 0 fully saturated rings. The average Bonchev–Trinajstić information content (AvgIpc) is 2.48. The van der Waals surface area contributed by atoms with Crippen molar-refractivity contribution in [2.45, 2.75) is 26.8 Å². The Bertz CT molecular complexity index is 625. The zero-order valence-corrected chi connectivity index (χ0v) is 13.0. The third-order valence-electron chi connectivity index (χ3n) is 3.79. The summed E-state index contributed by atoms with van der Waals surface area (Å²) in [6.07, 6.45) is 0. The molecular weight excluding hydrogens is 265 g/mol. The highest BCUT2D eigenvalue weighted by molar-refractivity contribution is 5.39. The van der Waals surface area contributed by atoms with Crippen LogP contribution in [0.4, 0.5) is 4.39 Å². The van der Waals surface area contributed by atoms with Crippen LogP contribution in [0.5, 0.6) is 5.75 Å². The van der Waals surface area contributed by atoms with Gasteiger partial charge in [0.2, 0.25) is 0 Å². The molecule has 1 N–H and O–H groups in total. The number of aryl methyl sites for hydroxylation is 2. The van der Waals surface area contributed by atoms with Crippen molar-refractivity contribution < 1.29 is 9.13 Å². The van der Waals surface area contributed by atoms with Crippen LogP contribution in [-0.2, 0) is 0 Å². The van der Waals surface area contributed by atoms with Gasteiger partial charge in [0.1, 0.15) is 11.6 Å². The quantitative estimate of drug-likeness (QED) is 0.892. The second-order valence-corrected chi connectivity index (χ2v) is 5.22. The summed E-state index contributed by atoms with van der Waals surface area (Å²) in [5.41, 5.74) is 4.17. The Labute approximate surface area is 126 Å². The minimum Gasteiger partial charge on any atom is -0.497 e. The molecule has 112 valence electrons. The molecule has 0 amide bonds. The molecule has 1 atom stereocenters. The summed E-state index contributed by atoms with van der Waals surface area (Å²) < 4.78 is 19.4. The minimum atomic E-state index is -0.251.